The SMILES string of the molecule is Clc1ccc(-c2ccc(CCc3ccc(CNCC4CC4)cc3)nc2)cc1. The highest BCUT2D eigenvalue weighted by Crippen LogP contribution is 2.27. The van der Waals surface area contributed by atoms with Gasteiger partial charge in [0.1, 0.15) is 0 Å². The van der Waals surface area contributed by atoms with E-state index >= 15 is 0 Å². The Labute approximate surface area is 166 Å². The summed E-state index contributed by atoms with van der Waals surface area (Å²) >= 11 is 5.95. The van der Waals surface area contributed by atoms with Crippen molar-refractivity contribution in [2.24, 2.45) is 5.92 Å². The van der Waals surface area contributed by atoms with Crippen LogP contribution in [0.5, 0.6) is 0 Å². The van der Waals surface area contributed by atoms with Gasteiger partial charge in [-0.1, -0.05) is 54.1 Å². The summed E-state index contributed by atoms with van der Waals surface area (Å²) in [5, 5.41) is 4.30. The number of aryl methyl sites for hydroxylation is 2. The largest absolute Gasteiger partial charge is 0.312 e. The Morgan fingerprint density at radius 3 is 2.19 bits per heavy atom. The van der Waals surface area contributed by atoms with Crippen LogP contribution in [0.2, 0.25) is 5.02 Å². The van der Waals surface area contributed by atoms with E-state index in [1.54, 1.807) is 0 Å². The average molecular weight is 377 g/mol. The van der Waals surface area contributed by atoms with Crippen molar-refractivity contribution in [2.45, 2.75) is 32.2 Å². The van der Waals surface area contributed by atoms with Crippen molar-refractivity contribution in [1.82, 2.24) is 10.3 Å². The predicted octanol–water partition coefficient (Wildman–Crippen LogP) is 5.69. The molecule has 1 aliphatic carbocycles. The maximum absolute atomic E-state index is 5.95. The zero-order valence-corrected chi connectivity index (χ0v) is 16.3. The Bertz CT molecular complexity index is 850. The van der Waals surface area contributed by atoms with E-state index in [4.69, 9.17) is 11.6 Å². The third kappa shape index (κ3) is 5.41. The zero-order valence-electron chi connectivity index (χ0n) is 15.5. The fourth-order valence-corrected chi connectivity index (χ4v) is 3.35. The molecule has 3 heteroatoms. The fraction of sp³-hybridized carbons (Fsp3) is 0.292. The second-order valence-corrected chi connectivity index (χ2v) is 7.87. The second kappa shape index (κ2) is 8.69. The first-order valence-corrected chi connectivity index (χ1v) is 10.1. The quantitative estimate of drug-likeness (QED) is 0.546. The molecule has 2 aromatic carbocycles. The molecular formula is C24H25ClN2. The lowest BCUT2D eigenvalue weighted by Gasteiger charge is -2.07. The van der Waals surface area contributed by atoms with Crippen LogP contribution in [0.25, 0.3) is 11.1 Å². The molecule has 1 aliphatic rings. The molecule has 3 aromatic rings. The number of rotatable bonds is 8. The minimum atomic E-state index is 0.757. The van der Waals surface area contributed by atoms with E-state index in [1.165, 1.54) is 30.5 Å². The maximum atomic E-state index is 5.95. The molecule has 0 atom stereocenters. The fourth-order valence-electron chi connectivity index (χ4n) is 3.22. The molecule has 1 N–H and O–H groups in total. The summed E-state index contributed by atoms with van der Waals surface area (Å²) in [5.41, 5.74) is 6.13. The number of halogens is 1. The van der Waals surface area contributed by atoms with Crippen LogP contribution >= 0.6 is 11.6 Å². The van der Waals surface area contributed by atoms with Gasteiger partial charge < -0.3 is 5.32 Å². The molecule has 0 amide bonds. The van der Waals surface area contributed by atoms with E-state index in [0.717, 1.165) is 47.1 Å². The summed E-state index contributed by atoms with van der Waals surface area (Å²) in [6.07, 6.45) is 6.73. The van der Waals surface area contributed by atoms with Gasteiger partial charge in [-0.2, -0.15) is 0 Å². The molecule has 0 aliphatic heterocycles. The summed E-state index contributed by atoms with van der Waals surface area (Å²) in [6.45, 7) is 2.14. The monoisotopic (exact) mass is 376 g/mol. The van der Waals surface area contributed by atoms with E-state index in [-0.39, 0.29) is 0 Å². The van der Waals surface area contributed by atoms with Crippen LogP contribution in [0.1, 0.15) is 29.7 Å². The standard InChI is InChI=1S/C24H25ClN2/c25-23-11-8-21(9-12-23)22-10-14-24(27-17-22)13-7-18-1-3-19(4-2-18)15-26-16-20-5-6-20/h1-4,8-12,14,17,20,26H,5-7,13,15-16H2. The van der Waals surface area contributed by atoms with Crippen LogP contribution in [0, 0.1) is 5.92 Å². The van der Waals surface area contributed by atoms with Gasteiger partial charge in [0.2, 0.25) is 0 Å². The topological polar surface area (TPSA) is 24.9 Å². The Balaban J connectivity index is 1.28. The number of benzene rings is 2. The van der Waals surface area contributed by atoms with Gasteiger partial charge in [-0.15, -0.1) is 0 Å². The van der Waals surface area contributed by atoms with E-state index in [0.29, 0.717) is 0 Å². The summed E-state index contributed by atoms with van der Waals surface area (Å²) in [7, 11) is 0. The highest BCUT2D eigenvalue weighted by atomic mass is 35.5. The Hall–Kier alpha value is -2.16. The Morgan fingerprint density at radius 2 is 1.52 bits per heavy atom. The van der Waals surface area contributed by atoms with Gasteiger partial charge >= 0.3 is 0 Å². The van der Waals surface area contributed by atoms with Crippen molar-refractivity contribution in [3.05, 3.63) is 88.7 Å². The summed E-state index contributed by atoms with van der Waals surface area (Å²) in [6, 6.07) is 21.1. The number of pyridine rings is 1. The van der Waals surface area contributed by atoms with Gasteiger partial charge in [-0.05, 0) is 73.0 Å². The molecule has 27 heavy (non-hydrogen) atoms. The van der Waals surface area contributed by atoms with E-state index in [2.05, 4.69) is 46.7 Å². The molecule has 2 nitrogen and oxygen atoms in total. The van der Waals surface area contributed by atoms with Crippen LogP contribution in [0.4, 0.5) is 0 Å². The first-order chi connectivity index (χ1) is 13.3. The third-order valence-corrected chi connectivity index (χ3v) is 5.41. The maximum Gasteiger partial charge on any atom is 0.0407 e. The molecule has 1 heterocycles. The highest BCUT2D eigenvalue weighted by Gasteiger charge is 2.19. The number of hydrogen-bond donors (Lipinski definition) is 1. The molecule has 0 spiro atoms. The highest BCUT2D eigenvalue weighted by molar-refractivity contribution is 6.30. The first-order valence-electron chi connectivity index (χ1n) is 9.76. The second-order valence-electron chi connectivity index (χ2n) is 7.44. The molecule has 0 radical (unpaired) electrons. The molecule has 1 aromatic heterocycles. The normalized spacial score (nSPS) is 13.7. The Morgan fingerprint density at radius 1 is 0.815 bits per heavy atom. The third-order valence-electron chi connectivity index (χ3n) is 5.15. The minimum Gasteiger partial charge on any atom is -0.312 e. The van der Waals surface area contributed by atoms with Crippen molar-refractivity contribution in [2.75, 3.05) is 6.54 Å². The van der Waals surface area contributed by atoms with E-state index in [9.17, 15) is 0 Å². The predicted molar refractivity (Wildman–Crippen MR) is 113 cm³/mol. The van der Waals surface area contributed by atoms with Crippen LogP contribution in [-0.4, -0.2) is 11.5 Å². The summed E-state index contributed by atoms with van der Waals surface area (Å²) in [4.78, 5) is 4.63. The first kappa shape index (κ1) is 18.2. The molecule has 0 bridgehead atoms. The van der Waals surface area contributed by atoms with Crippen LogP contribution in [0.15, 0.2) is 66.9 Å². The lowest BCUT2D eigenvalue weighted by atomic mass is 10.0. The molecule has 1 saturated carbocycles. The van der Waals surface area contributed by atoms with Gasteiger partial charge in [0, 0.05) is 29.0 Å². The van der Waals surface area contributed by atoms with Gasteiger partial charge in [-0.25, -0.2) is 0 Å². The number of nitrogens with zero attached hydrogens (tertiary/aromatic N) is 1. The van der Waals surface area contributed by atoms with Gasteiger partial charge in [0.05, 0.1) is 0 Å². The van der Waals surface area contributed by atoms with Crippen molar-refractivity contribution in [1.29, 1.82) is 0 Å². The molecule has 0 unspecified atom stereocenters. The van der Waals surface area contributed by atoms with Crippen LogP contribution in [-0.2, 0) is 19.4 Å². The number of hydrogen-bond acceptors (Lipinski definition) is 2. The summed E-state index contributed by atoms with van der Waals surface area (Å²) < 4.78 is 0. The average Bonchev–Trinajstić information content (AvgIpc) is 3.53. The van der Waals surface area contributed by atoms with Crippen LogP contribution in [0.3, 0.4) is 0 Å². The van der Waals surface area contributed by atoms with Crippen LogP contribution < -0.4 is 5.32 Å². The smallest absolute Gasteiger partial charge is 0.0407 e. The molecule has 4 rings (SSSR count). The Kier molecular flexibility index (Phi) is 5.86. The van der Waals surface area contributed by atoms with Crippen molar-refractivity contribution in [3.8, 4) is 11.1 Å². The lowest BCUT2D eigenvalue weighted by Crippen LogP contribution is -2.15. The van der Waals surface area contributed by atoms with E-state index < -0.39 is 0 Å². The minimum absolute atomic E-state index is 0.757. The van der Waals surface area contributed by atoms with Gasteiger partial charge in [-0.3, -0.25) is 4.98 Å². The number of aromatic nitrogens is 1. The van der Waals surface area contributed by atoms with E-state index in [1.807, 2.05) is 30.5 Å². The molecular weight excluding hydrogens is 352 g/mol. The van der Waals surface area contributed by atoms with Gasteiger partial charge in [0.15, 0.2) is 0 Å². The molecule has 1 fully saturated rings. The van der Waals surface area contributed by atoms with Crippen molar-refractivity contribution in [3.63, 3.8) is 0 Å². The van der Waals surface area contributed by atoms with Gasteiger partial charge in [0.25, 0.3) is 0 Å². The van der Waals surface area contributed by atoms with Crippen molar-refractivity contribution < 1.29 is 0 Å². The summed E-state index contributed by atoms with van der Waals surface area (Å²) in [5.74, 6) is 0.933. The number of nitrogens with one attached hydrogen (secondary N) is 1. The molecule has 138 valence electrons. The molecule has 0 saturated heterocycles. The zero-order chi connectivity index (χ0) is 18.5. The van der Waals surface area contributed by atoms with Crippen molar-refractivity contribution >= 4 is 11.6 Å². The lowest BCUT2D eigenvalue weighted by molar-refractivity contribution is 0.638.